The normalized spacial score (nSPS) is 17.6. The number of rotatable bonds is 16. The first kappa shape index (κ1) is 31.3. The predicted molar refractivity (Wildman–Crippen MR) is 166 cm³/mol. The Morgan fingerprint density at radius 1 is 1.09 bits per heavy atom. The molecule has 0 fully saturated rings. The largest absolute Gasteiger partial charge is 0.494 e. The molecule has 10 nitrogen and oxygen atoms in total. The maximum Gasteiger partial charge on any atom is 0.252 e. The van der Waals surface area contributed by atoms with Crippen LogP contribution in [0, 0.1) is 0 Å². The number of amides is 1. The molecule has 1 heterocycles. The van der Waals surface area contributed by atoms with Crippen molar-refractivity contribution in [2.75, 3.05) is 33.5 Å². The van der Waals surface area contributed by atoms with E-state index in [1.54, 1.807) is 7.11 Å². The maximum absolute atomic E-state index is 14.2. The fourth-order valence-corrected chi connectivity index (χ4v) is 4.84. The molecular weight excluding hydrogens is 546 g/mol. The van der Waals surface area contributed by atoms with Crippen molar-refractivity contribution in [1.29, 1.82) is 0 Å². The van der Waals surface area contributed by atoms with E-state index in [4.69, 9.17) is 29.8 Å². The van der Waals surface area contributed by atoms with Gasteiger partial charge in [-0.2, -0.15) is 0 Å². The van der Waals surface area contributed by atoms with Crippen LogP contribution in [0.1, 0.15) is 47.6 Å². The number of carbonyl (C=O) groups excluding carboxylic acids is 1. The molecule has 1 aliphatic rings. The van der Waals surface area contributed by atoms with Crippen LogP contribution in [0.25, 0.3) is 16.5 Å². The summed E-state index contributed by atoms with van der Waals surface area (Å²) in [6.07, 6.45) is 4.55. The zero-order chi connectivity index (χ0) is 30.3. The van der Waals surface area contributed by atoms with Gasteiger partial charge in [0, 0.05) is 50.2 Å². The Hall–Kier alpha value is -4.63. The van der Waals surface area contributed by atoms with E-state index in [9.17, 15) is 4.79 Å². The Morgan fingerprint density at radius 3 is 2.60 bits per heavy atom. The molecule has 0 unspecified atom stereocenters. The summed E-state index contributed by atoms with van der Waals surface area (Å²) in [7, 11) is 1.62. The molecule has 3 aromatic rings. The van der Waals surface area contributed by atoms with E-state index in [1.165, 1.54) is 0 Å². The molecule has 1 aliphatic heterocycles. The monoisotopic (exact) mass is 583 g/mol. The average molecular weight is 584 g/mol. The first-order chi connectivity index (χ1) is 21.1. The van der Waals surface area contributed by atoms with Gasteiger partial charge in [0.2, 0.25) is 5.90 Å². The van der Waals surface area contributed by atoms with Crippen LogP contribution in [0.4, 0.5) is 0 Å². The van der Waals surface area contributed by atoms with Crippen LogP contribution in [0.2, 0.25) is 0 Å². The van der Waals surface area contributed by atoms with Gasteiger partial charge in [-0.05, 0) is 52.9 Å². The van der Waals surface area contributed by atoms with E-state index in [0.29, 0.717) is 49.8 Å². The second-order valence-corrected chi connectivity index (χ2v) is 10.00. The van der Waals surface area contributed by atoms with Crippen LogP contribution in [-0.4, -0.2) is 55.9 Å². The summed E-state index contributed by atoms with van der Waals surface area (Å²) in [5.41, 5.74) is 10.8. The highest BCUT2D eigenvalue weighted by molar-refractivity contribution is 6.01. The van der Waals surface area contributed by atoms with Gasteiger partial charge in [0.05, 0.1) is 13.2 Å². The zero-order valence-corrected chi connectivity index (χ0v) is 24.3. The molecule has 0 saturated carbocycles. The highest BCUT2D eigenvalue weighted by atomic mass is 16.5. The van der Waals surface area contributed by atoms with E-state index >= 15 is 0 Å². The molecule has 0 bridgehead atoms. The number of nitrogens with one attached hydrogen (secondary N) is 1. The topological polar surface area (TPSA) is 138 Å². The third kappa shape index (κ3) is 8.23. The smallest absolute Gasteiger partial charge is 0.252 e. The number of methoxy groups -OCH3 is 1. The SMILES string of the molecule is COCCCNC(=O)[C@]1(C/C=C/c2ccccc2)N=C(c2ccc(OCCCO)cc2)O[C@@H]1c1ccccc1CN=[N+]=[N-]. The van der Waals surface area contributed by atoms with Gasteiger partial charge in [0.25, 0.3) is 5.91 Å². The molecule has 0 radical (unpaired) electrons. The summed E-state index contributed by atoms with van der Waals surface area (Å²) in [6, 6.07) is 24.6. The second-order valence-electron chi connectivity index (χ2n) is 10.00. The third-order valence-electron chi connectivity index (χ3n) is 7.02. The fourth-order valence-electron chi connectivity index (χ4n) is 4.84. The summed E-state index contributed by atoms with van der Waals surface area (Å²) < 4.78 is 17.4. The number of aliphatic hydroxyl groups is 1. The molecule has 10 heteroatoms. The van der Waals surface area contributed by atoms with Gasteiger partial charge in [0.15, 0.2) is 11.6 Å². The number of ether oxygens (including phenoxy) is 3. The molecule has 3 aromatic carbocycles. The van der Waals surface area contributed by atoms with E-state index in [-0.39, 0.29) is 25.5 Å². The van der Waals surface area contributed by atoms with Crippen LogP contribution in [0.15, 0.2) is 95.0 Å². The lowest BCUT2D eigenvalue weighted by molar-refractivity contribution is -0.128. The minimum atomic E-state index is -1.35. The highest BCUT2D eigenvalue weighted by Gasteiger charge is 2.53. The third-order valence-corrected chi connectivity index (χ3v) is 7.02. The van der Waals surface area contributed by atoms with Crippen LogP contribution in [0.3, 0.4) is 0 Å². The Labute approximate surface area is 251 Å². The quantitative estimate of drug-likeness (QED) is 0.0954. The number of carbonyl (C=O) groups is 1. The molecule has 0 spiro atoms. The van der Waals surface area contributed by atoms with Crippen molar-refractivity contribution in [3.8, 4) is 5.75 Å². The van der Waals surface area contributed by atoms with Crippen molar-refractivity contribution in [3.05, 3.63) is 118 Å². The summed E-state index contributed by atoms with van der Waals surface area (Å²) in [4.78, 5) is 22.1. The Balaban J connectivity index is 1.76. The Bertz CT molecular complexity index is 1440. The van der Waals surface area contributed by atoms with Gasteiger partial charge in [-0.3, -0.25) is 4.79 Å². The van der Waals surface area contributed by atoms with Crippen molar-refractivity contribution in [2.45, 2.75) is 37.5 Å². The second kappa shape index (κ2) is 16.1. The molecule has 2 atom stereocenters. The molecule has 2 N–H and O–H groups in total. The lowest BCUT2D eigenvalue weighted by Gasteiger charge is -2.31. The maximum atomic E-state index is 14.2. The molecule has 0 saturated heterocycles. The van der Waals surface area contributed by atoms with Gasteiger partial charge in [-0.25, -0.2) is 4.99 Å². The van der Waals surface area contributed by atoms with Gasteiger partial charge in [0.1, 0.15) is 5.75 Å². The van der Waals surface area contributed by atoms with Crippen molar-refractivity contribution in [2.24, 2.45) is 10.1 Å². The van der Waals surface area contributed by atoms with Crippen LogP contribution < -0.4 is 10.1 Å². The summed E-state index contributed by atoms with van der Waals surface area (Å²) >= 11 is 0. The number of aliphatic hydroxyl groups excluding tert-OH is 1. The molecular formula is C33H37N5O5. The van der Waals surface area contributed by atoms with Crippen LogP contribution in [-0.2, 0) is 20.8 Å². The van der Waals surface area contributed by atoms with Crippen LogP contribution >= 0.6 is 0 Å². The predicted octanol–water partition coefficient (Wildman–Crippen LogP) is 5.77. The van der Waals surface area contributed by atoms with Gasteiger partial charge in [-0.15, -0.1) is 0 Å². The van der Waals surface area contributed by atoms with E-state index in [2.05, 4.69) is 15.3 Å². The Morgan fingerprint density at radius 2 is 1.86 bits per heavy atom. The number of hydrogen-bond donors (Lipinski definition) is 2. The number of benzene rings is 3. The molecule has 1 amide bonds. The van der Waals surface area contributed by atoms with Crippen molar-refractivity contribution < 1.29 is 24.1 Å². The number of azide groups is 1. The highest BCUT2D eigenvalue weighted by Crippen LogP contribution is 2.44. The van der Waals surface area contributed by atoms with Crippen molar-refractivity contribution in [3.63, 3.8) is 0 Å². The lowest BCUT2D eigenvalue weighted by Crippen LogP contribution is -2.48. The van der Waals surface area contributed by atoms with Crippen molar-refractivity contribution >= 4 is 17.9 Å². The lowest BCUT2D eigenvalue weighted by atomic mass is 9.82. The Kier molecular flexibility index (Phi) is 11.7. The summed E-state index contributed by atoms with van der Waals surface area (Å²) in [5, 5.41) is 15.9. The van der Waals surface area contributed by atoms with Gasteiger partial charge >= 0.3 is 0 Å². The number of nitrogens with zero attached hydrogens (tertiary/aromatic N) is 4. The van der Waals surface area contributed by atoms with Gasteiger partial charge < -0.3 is 24.6 Å². The molecule has 0 aromatic heterocycles. The minimum absolute atomic E-state index is 0.0552. The summed E-state index contributed by atoms with van der Waals surface area (Å²) in [6.45, 7) is 1.48. The number of aliphatic imine (C=N–C) groups is 1. The standard InChI is InChI=1S/C33H37N5O5/c1-41-22-8-20-35-32(40)33(19-7-12-25-10-3-2-4-11-25)30(29-14-6-5-13-27(29)24-36-38-34)43-31(37-33)26-15-17-28(18-16-26)42-23-9-21-39/h2-7,10-18,30,39H,8-9,19-24H2,1H3,(H,35,40)/b12-7+/t30-,33-/m1/s1. The van der Waals surface area contributed by atoms with Crippen LogP contribution in [0.5, 0.6) is 5.75 Å². The molecule has 43 heavy (non-hydrogen) atoms. The molecule has 0 aliphatic carbocycles. The fraction of sp³-hybridized carbons (Fsp3) is 0.333. The first-order valence-electron chi connectivity index (χ1n) is 14.3. The van der Waals surface area contributed by atoms with E-state index < -0.39 is 11.6 Å². The van der Waals surface area contributed by atoms with Gasteiger partial charge in [-0.1, -0.05) is 71.9 Å². The molecule has 4 rings (SSSR count). The van der Waals surface area contributed by atoms with Crippen molar-refractivity contribution in [1.82, 2.24) is 5.32 Å². The van der Waals surface area contributed by atoms with E-state index in [0.717, 1.165) is 16.7 Å². The average Bonchev–Trinajstić information content (AvgIpc) is 3.43. The summed E-state index contributed by atoms with van der Waals surface area (Å²) in [5.74, 6) is 0.703. The van der Waals surface area contributed by atoms with E-state index in [1.807, 2.05) is 91.0 Å². The molecule has 224 valence electrons. The minimum Gasteiger partial charge on any atom is -0.494 e. The number of hydrogen-bond acceptors (Lipinski definition) is 7. The zero-order valence-electron chi connectivity index (χ0n) is 24.3. The first-order valence-corrected chi connectivity index (χ1v) is 14.3.